The Balaban J connectivity index is 2.24. The average Bonchev–Trinajstić information content (AvgIpc) is 2.46. The van der Waals surface area contributed by atoms with Crippen molar-refractivity contribution in [3.05, 3.63) is 71.8 Å². The molecule has 1 unspecified atom stereocenters. The molecule has 1 atom stereocenters. The molecule has 0 aliphatic carbocycles. The Labute approximate surface area is 106 Å². The molecule has 92 valence electrons. The Kier molecular flexibility index (Phi) is 4.10. The molecule has 3 nitrogen and oxygen atoms in total. The monoisotopic (exact) mass is 242 g/mol. The summed E-state index contributed by atoms with van der Waals surface area (Å²) in [6, 6.07) is 19.0. The van der Waals surface area contributed by atoms with E-state index in [0.717, 1.165) is 11.1 Å². The van der Waals surface area contributed by atoms with E-state index >= 15 is 0 Å². The van der Waals surface area contributed by atoms with Gasteiger partial charge in [-0.2, -0.15) is 5.26 Å². The van der Waals surface area contributed by atoms with E-state index in [1.54, 1.807) is 0 Å². The largest absolute Gasteiger partial charge is 0.349 e. The maximum atomic E-state index is 11.6. The summed E-state index contributed by atoms with van der Waals surface area (Å²) < 4.78 is 0. The molecular weight excluding hydrogens is 228 g/mol. The number of hydrogen-bond acceptors (Lipinski definition) is 3. The first kappa shape index (κ1) is 12.3. The normalized spacial score (nSPS) is 11.8. The predicted octanol–water partition coefficient (Wildman–Crippen LogP) is 3.03. The second-order valence-corrected chi connectivity index (χ2v) is 4.06. The number of benzene rings is 2. The molecular formula is C15H14O3. The molecule has 0 aliphatic rings. The lowest BCUT2D eigenvalue weighted by Crippen LogP contribution is -2.17. The molecule has 18 heavy (non-hydrogen) atoms. The molecule has 0 heterocycles. The topological polar surface area (TPSA) is 46.5 Å². The van der Waals surface area contributed by atoms with E-state index in [9.17, 15) is 4.79 Å². The fourth-order valence-corrected chi connectivity index (χ4v) is 1.94. The van der Waals surface area contributed by atoms with Crippen LogP contribution in [-0.4, -0.2) is 11.2 Å². The summed E-state index contributed by atoms with van der Waals surface area (Å²) in [5.74, 6) is -1.12. The first-order chi connectivity index (χ1) is 8.81. The summed E-state index contributed by atoms with van der Waals surface area (Å²) in [7, 11) is 0. The molecule has 0 amide bonds. The van der Waals surface area contributed by atoms with Crippen molar-refractivity contribution in [1.82, 2.24) is 0 Å². The molecule has 2 aromatic carbocycles. The van der Waals surface area contributed by atoms with Gasteiger partial charge in [-0.25, -0.2) is 4.79 Å². The third-order valence-corrected chi connectivity index (χ3v) is 2.86. The molecule has 3 heteroatoms. The first-order valence-corrected chi connectivity index (χ1v) is 5.75. The third kappa shape index (κ3) is 2.96. The van der Waals surface area contributed by atoms with Gasteiger partial charge in [0.05, 0.1) is 5.92 Å². The standard InChI is InChI=1S/C15H14O3/c16-15(18-17)14(13-9-5-2-6-10-13)11-12-7-3-1-4-8-12/h1-10,14,17H,11H2. The molecule has 0 spiro atoms. The van der Waals surface area contributed by atoms with Crippen molar-refractivity contribution in [3.63, 3.8) is 0 Å². The lowest BCUT2D eigenvalue weighted by Gasteiger charge is -2.13. The van der Waals surface area contributed by atoms with E-state index in [2.05, 4.69) is 4.89 Å². The van der Waals surface area contributed by atoms with Crippen molar-refractivity contribution in [2.24, 2.45) is 0 Å². The molecule has 0 saturated heterocycles. The van der Waals surface area contributed by atoms with Gasteiger partial charge in [0.25, 0.3) is 0 Å². The highest BCUT2D eigenvalue weighted by Crippen LogP contribution is 2.22. The Morgan fingerprint density at radius 2 is 1.56 bits per heavy atom. The fourth-order valence-electron chi connectivity index (χ4n) is 1.94. The van der Waals surface area contributed by atoms with Gasteiger partial charge in [0.1, 0.15) is 0 Å². The number of carbonyl (C=O) groups is 1. The smallest absolute Gasteiger partial charge is 0.300 e. The van der Waals surface area contributed by atoms with E-state index in [-0.39, 0.29) is 0 Å². The lowest BCUT2D eigenvalue weighted by atomic mass is 9.92. The third-order valence-electron chi connectivity index (χ3n) is 2.86. The predicted molar refractivity (Wildman–Crippen MR) is 68.0 cm³/mol. The molecule has 1 N–H and O–H groups in total. The average molecular weight is 242 g/mol. The van der Waals surface area contributed by atoms with Gasteiger partial charge in [-0.3, -0.25) is 0 Å². The second kappa shape index (κ2) is 5.98. The highest BCUT2D eigenvalue weighted by molar-refractivity contribution is 5.78. The van der Waals surface area contributed by atoms with Gasteiger partial charge in [0.2, 0.25) is 0 Å². The highest BCUT2D eigenvalue weighted by Gasteiger charge is 2.22. The van der Waals surface area contributed by atoms with Crippen molar-refractivity contribution in [1.29, 1.82) is 0 Å². The maximum absolute atomic E-state index is 11.6. The molecule has 0 fully saturated rings. The summed E-state index contributed by atoms with van der Waals surface area (Å²) in [6.07, 6.45) is 0.504. The minimum atomic E-state index is -0.634. The zero-order valence-corrected chi connectivity index (χ0v) is 9.82. The van der Waals surface area contributed by atoms with Crippen LogP contribution in [0.2, 0.25) is 0 Å². The van der Waals surface area contributed by atoms with Crippen LogP contribution >= 0.6 is 0 Å². The van der Waals surface area contributed by atoms with Crippen LogP contribution in [0.25, 0.3) is 0 Å². The van der Waals surface area contributed by atoms with E-state index in [4.69, 9.17) is 5.26 Å². The molecule has 0 aliphatic heterocycles. The SMILES string of the molecule is O=C(OO)C(Cc1ccccc1)c1ccccc1. The Bertz CT molecular complexity index is 494. The van der Waals surface area contributed by atoms with Crippen molar-refractivity contribution in [2.75, 3.05) is 0 Å². The first-order valence-electron chi connectivity index (χ1n) is 5.75. The van der Waals surface area contributed by atoms with Crippen LogP contribution in [0.4, 0.5) is 0 Å². The van der Waals surface area contributed by atoms with Gasteiger partial charge in [-0.15, -0.1) is 0 Å². The van der Waals surface area contributed by atoms with Gasteiger partial charge in [0.15, 0.2) is 0 Å². The Hall–Kier alpha value is -2.13. The van der Waals surface area contributed by atoms with Crippen molar-refractivity contribution in [2.45, 2.75) is 12.3 Å². The summed E-state index contributed by atoms with van der Waals surface area (Å²) in [5.41, 5.74) is 1.86. The second-order valence-electron chi connectivity index (χ2n) is 4.06. The van der Waals surface area contributed by atoms with Crippen LogP contribution in [0.1, 0.15) is 17.0 Å². The fraction of sp³-hybridized carbons (Fsp3) is 0.133. The van der Waals surface area contributed by atoms with Gasteiger partial charge < -0.3 is 4.89 Å². The van der Waals surface area contributed by atoms with Crippen LogP contribution in [0.15, 0.2) is 60.7 Å². The van der Waals surface area contributed by atoms with Crippen molar-refractivity contribution >= 4 is 5.97 Å². The molecule has 0 bridgehead atoms. The maximum Gasteiger partial charge on any atom is 0.349 e. The minimum Gasteiger partial charge on any atom is -0.300 e. The van der Waals surface area contributed by atoms with E-state index in [0.29, 0.717) is 6.42 Å². The van der Waals surface area contributed by atoms with Gasteiger partial charge >= 0.3 is 5.97 Å². The number of carbonyl (C=O) groups excluding carboxylic acids is 1. The van der Waals surface area contributed by atoms with Crippen molar-refractivity contribution < 1.29 is 14.9 Å². The summed E-state index contributed by atoms with van der Waals surface area (Å²) in [5, 5.41) is 8.59. The van der Waals surface area contributed by atoms with Gasteiger partial charge in [-0.1, -0.05) is 60.7 Å². The summed E-state index contributed by atoms with van der Waals surface area (Å²) in [4.78, 5) is 15.5. The quantitative estimate of drug-likeness (QED) is 0.662. The summed E-state index contributed by atoms with van der Waals surface area (Å²) in [6.45, 7) is 0. The van der Waals surface area contributed by atoms with E-state index in [1.165, 1.54) is 0 Å². The highest BCUT2D eigenvalue weighted by atomic mass is 17.1. The summed E-state index contributed by atoms with van der Waals surface area (Å²) >= 11 is 0. The number of hydrogen-bond donors (Lipinski definition) is 1. The zero-order chi connectivity index (χ0) is 12.8. The number of rotatable bonds is 4. The van der Waals surface area contributed by atoms with Crippen LogP contribution < -0.4 is 0 Å². The molecule has 0 saturated carbocycles. The zero-order valence-electron chi connectivity index (χ0n) is 9.82. The van der Waals surface area contributed by atoms with Crippen LogP contribution in [0.5, 0.6) is 0 Å². The van der Waals surface area contributed by atoms with Gasteiger partial charge in [-0.05, 0) is 17.5 Å². The Morgan fingerprint density at radius 3 is 2.11 bits per heavy atom. The van der Waals surface area contributed by atoms with Crippen molar-refractivity contribution in [3.8, 4) is 0 Å². The van der Waals surface area contributed by atoms with Crippen LogP contribution in [0, 0.1) is 0 Å². The molecule has 2 aromatic rings. The van der Waals surface area contributed by atoms with Crippen LogP contribution in [-0.2, 0) is 16.1 Å². The van der Waals surface area contributed by atoms with E-state index in [1.807, 2.05) is 60.7 Å². The Morgan fingerprint density at radius 1 is 1.00 bits per heavy atom. The molecule has 2 rings (SSSR count). The lowest BCUT2D eigenvalue weighted by molar-refractivity contribution is -0.236. The van der Waals surface area contributed by atoms with E-state index < -0.39 is 11.9 Å². The minimum absolute atomic E-state index is 0.487. The van der Waals surface area contributed by atoms with Gasteiger partial charge in [0, 0.05) is 0 Å². The molecule has 0 radical (unpaired) electrons. The molecule has 0 aromatic heterocycles. The van der Waals surface area contributed by atoms with Crippen LogP contribution in [0.3, 0.4) is 0 Å².